The number of halogens is 2. The molecule has 0 aromatic heterocycles. The number of anilines is 1. The molecule has 0 spiro atoms. The van der Waals surface area contributed by atoms with Crippen LogP contribution in [-0.2, 0) is 21.2 Å². The number of hydrogen-bond donors (Lipinski definition) is 1. The van der Waals surface area contributed by atoms with Crippen LogP contribution in [0.2, 0.25) is 0 Å². The smallest absolute Gasteiger partial charge is 0.243 e. The minimum atomic E-state index is -3.62. The Bertz CT molecular complexity index is 1010. The van der Waals surface area contributed by atoms with Gasteiger partial charge in [-0.1, -0.05) is 38.8 Å². The number of carbonyl (C=O) groups excluding carboxylic acids is 1. The molecule has 2 aromatic carbocycles. The van der Waals surface area contributed by atoms with Crippen LogP contribution in [-0.4, -0.2) is 31.7 Å². The average Bonchev–Trinajstić information content (AvgIpc) is 2.70. The molecule has 1 fully saturated rings. The van der Waals surface area contributed by atoms with Gasteiger partial charge in [-0.2, -0.15) is 4.31 Å². The number of nitrogens with zero attached hydrogens (tertiary/aromatic N) is 1. The molecule has 1 aliphatic rings. The van der Waals surface area contributed by atoms with Crippen molar-refractivity contribution in [3.8, 4) is 0 Å². The Balaban J connectivity index is 1.77. The number of hydrogen-bond acceptors (Lipinski definition) is 3. The van der Waals surface area contributed by atoms with E-state index in [2.05, 4.69) is 37.2 Å². The second kappa shape index (κ2) is 9.29. The molecule has 3 rings (SSSR count). The lowest BCUT2D eigenvalue weighted by molar-refractivity contribution is -0.120. The van der Waals surface area contributed by atoms with Crippen molar-refractivity contribution in [1.29, 1.82) is 0 Å². The molecular formula is C21H24Br2N2O3S. The Morgan fingerprint density at radius 3 is 2.52 bits per heavy atom. The van der Waals surface area contributed by atoms with Crippen LogP contribution in [0.5, 0.6) is 0 Å². The van der Waals surface area contributed by atoms with Crippen molar-refractivity contribution in [2.45, 2.75) is 38.0 Å². The summed E-state index contributed by atoms with van der Waals surface area (Å²) in [5.41, 5.74) is 2.87. The van der Waals surface area contributed by atoms with Crippen LogP contribution in [0.3, 0.4) is 0 Å². The van der Waals surface area contributed by atoms with Crippen molar-refractivity contribution in [1.82, 2.24) is 4.31 Å². The fraction of sp³-hybridized carbons (Fsp3) is 0.381. The molecule has 0 unspecified atom stereocenters. The van der Waals surface area contributed by atoms with Crippen molar-refractivity contribution >= 4 is 53.5 Å². The molecular weight excluding hydrogens is 520 g/mol. The Labute approximate surface area is 189 Å². The normalized spacial score (nSPS) is 17.9. The summed E-state index contributed by atoms with van der Waals surface area (Å²) in [4.78, 5) is 13.2. The molecule has 5 nitrogen and oxygen atoms in total. The molecule has 0 aliphatic carbocycles. The molecule has 1 amide bonds. The van der Waals surface area contributed by atoms with Crippen LogP contribution in [0.25, 0.3) is 0 Å². The predicted molar refractivity (Wildman–Crippen MR) is 123 cm³/mol. The third-order valence-corrected chi connectivity index (χ3v) is 8.08. The quantitative estimate of drug-likeness (QED) is 0.569. The monoisotopic (exact) mass is 542 g/mol. The van der Waals surface area contributed by atoms with E-state index in [0.717, 1.165) is 32.2 Å². The maximum Gasteiger partial charge on any atom is 0.243 e. The van der Waals surface area contributed by atoms with E-state index in [1.54, 1.807) is 24.3 Å². The second-order valence-electron chi connectivity index (χ2n) is 7.26. The van der Waals surface area contributed by atoms with Gasteiger partial charge >= 0.3 is 0 Å². The van der Waals surface area contributed by atoms with Crippen molar-refractivity contribution < 1.29 is 13.2 Å². The van der Waals surface area contributed by atoms with E-state index >= 15 is 0 Å². The highest BCUT2D eigenvalue weighted by Crippen LogP contribution is 2.29. The predicted octanol–water partition coefficient (Wildman–Crippen LogP) is 5.12. The Kier molecular flexibility index (Phi) is 7.19. The van der Waals surface area contributed by atoms with Gasteiger partial charge in [0.05, 0.1) is 10.8 Å². The summed E-state index contributed by atoms with van der Waals surface area (Å²) in [5.74, 6) is -0.498. The second-order valence-corrected chi connectivity index (χ2v) is 11.0. The number of nitrogens with one attached hydrogen (secondary N) is 1. The molecule has 1 heterocycles. The van der Waals surface area contributed by atoms with Gasteiger partial charge in [0.2, 0.25) is 15.9 Å². The summed E-state index contributed by atoms with van der Waals surface area (Å²) in [7, 11) is -3.62. The molecule has 1 saturated heterocycles. The Hall–Kier alpha value is -1.22. The highest BCUT2D eigenvalue weighted by Gasteiger charge is 2.33. The summed E-state index contributed by atoms with van der Waals surface area (Å²) >= 11 is 6.82. The van der Waals surface area contributed by atoms with Gasteiger partial charge in [-0.25, -0.2) is 8.42 Å². The first-order chi connectivity index (χ1) is 13.7. The zero-order valence-corrected chi connectivity index (χ0v) is 20.4. The standard InChI is InChI=1S/C21H24Br2N2O3S/c1-3-15-12-18(23)11-14(2)20(15)24-21(26)16-5-4-10-25(13-16)29(27,28)19-8-6-17(22)7-9-19/h6-9,11-12,16H,3-5,10,13H2,1-2H3,(H,24,26)/t16-/m1/s1. The molecule has 1 aliphatic heterocycles. The topological polar surface area (TPSA) is 66.5 Å². The van der Waals surface area contributed by atoms with Crippen molar-refractivity contribution in [3.05, 3.63) is 56.5 Å². The van der Waals surface area contributed by atoms with Crippen molar-refractivity contribution in [2.75, 3.05) is 18.4 Å². The fourth-order valence-electron chi connectivity index (χ4n) is 3.63. The lowest BCUT2D eigenvalue weighted by Crippen LogP contribution is -2.43. The molecule has 2 aromatic rings. The Morgan fingerprint density at radius 2 is 1.86 bits per heavy atom. The van der Waals surface area contributed by atoms with E-state index in [9.17, 15) is 13.2 Å². The highest BCUT2D eigenvalue weighted by atomic mass is 79.9. The number of carbonyl (C=O) groups is 1. The maximum absolute atomic E-state index is 13.0. The first-order valence-corrected chi connectivity index (χ1v) is 12.6. The van der Waals surface area contributed by atoms with Crippen LogP contribution >= 0.6 is 31.9 Å². The van der Waals surface area contributed by atoms with Gasteiger partial charge in [0.15, 0.2) is 0 Å². The number of amides is 1. The third kappa shape index (κ3) is 5.10. The molecule has 0 bridgehead atoms. The van der Waals surface area contributed by atoms with Crippen molar-refractivity contribution in [2.24, 2.45) is 5.92 Å². The van der Waals surface area contributed by atoms with Crippen LogP contribution < -0.4 is 5.32 Å². The van der Waals surface area contributed by atoms with Gasteiger partial charge in [-0.15, -0.1) is 0 Å². The van der Waals surface area contributed by atoms with E-state index < -0.39 is 10.0 Å². The average molecular weight is 544 g/mol. The molecule has 8 heteroatoms. The largest absolute Gasteiger partial charge is 0.325 e. The number of aryl methyl sites for hydroxylation is 2. The molecule has 0 radical (unpaired) electrons. The van der Waals surface area contributed by atoms with Crippen LogP contribution in [0.1, 0.15) is 30.9 Å². The maximum atomic E-state index is 13.0. The van der Waals surface area contributed by atoms with E-state index in [-0.39, 0.29) is 23.3 Å². The van der Waals surface area contributed by atoms with Gasteiger partial charge in [-0.3, -0.25) is 4.79 Å². The SMILES string of the molecule is CCc1cc(Br)cc(C)c1NC(=O)[C@@H]1CCCN(S(=O)(=O)c2ccc(Br)cc2)C1. The zero-order chi connectivity index (χ0) is 21.2. The third-order valence-electron chi connectivity index (χ3n) is 5.22. The van der Waals surface area contributed by atoms with Crippen LogP contribution in [0.15, 0.2) is 50.2 Å². The van der Waals surface area contributed by atoms with E-state index in [1.807, 2.05) is 26.0 Å². The number of benzene rings is 2. The molecule has 156 valence electrons. The molecule has 1 atom stereocenters. The lowest BCUT2D eigenvalue weighted by Gasteiger charge is -2.31. The van der Waals surface area contributed by atoms with Gasteiger partial charge < -0.3 is 5.32 Å². The Morgan fingerprint density at radius 1 is 1.17 bits per heavy atom. The highest BCUT2D eigenvalue weighted by molar-refractivity contribution is 9.10. The first-order valence-electron chi connectivity index (χ1n) is 9.58. The summed E-state index contributed by atoms with van der Waals surface area (Å²) in [6.45, 7) is 4.63. The summed E-state index contributed by atoms with van der Waals surface area (Å²) in [5, 5.41) is 3.06. The van der Waals surface area contributed by atoms with Crippen LogP contribution in [0.4, 0.5) is 5.69 Å². The van der Waals surface area contributed by atoms with E-state index in [1.165, 1.54) is 4.31 Å². The molecule has 1 N–H and O–H groups in total. The number of piperidine rings is 1. The van der Waals surface area contributed by atoms with Gasteiger partial charge in [0, 0.05) is 27.7 Å². The van der Waals surface area contributed by atoms with Gasteiger partial charge in [0.1, 0.15) is 0 Å². The fourth-order valence-corrected chi connectivity index (χ4v) is 6.03. The lowest BCUT2D eigenvalue weighted by atomic mass is 9.98. The van der Waals surface area contributed by atoms with E-state index in [4.69, 9.17) is 0 Å². The van der Waals surface area contributed by atoms with Crippen molar-refractivity contribution in [3.63, 3.8) is 0 Å². The zero-order valence-electron chi connectivity index (χ0n) is 16.4. The van der Waals surface area contributed by atoms with Gasteiger partial charge in [0.25, 0.3) is 0 Å². The number of rotatable bonds is 5. The number of sulfonamides is 1. The minimum absolute atomic E-state index is 0.124. The first kappa shape index (κ1) is 22.5. The van der Waals surface area contributed by atoms with E-state index in [0.29, 0.717) is 19.4 Å². The summed E-state index contributed by atoms with van der Waals surface area (Å²) < 4.78 is 29.2. The summed E-state index contributed by atoms with van der Waals surface area (Å²) in [6.07, 6.45) is 2.13. The summed E-state index contributed by atoms with van der Waals surface area (Å²) in [6, 6.07) is 10.6. The van der Waals surface area contributed by atoms with Gasteiger partial charge in [-0.05, 0) is 73.7 Å². The van der Waals surface area contributed by atoms with Crippen LogP contribution in [0, 0.1) is 12.8 Å². The minimum Gasteiger partial charge on any atom is -0.325 e. The molecule has 0 saturated carbocycles. The molecule has 29 heavy (non-hydrogen) atoms.